The molecule has 0 saturated carbocycles. The monoisotopic (exact) mass is 294 g/mol. The molecule has 5 heteroatoms. The second-order valence-electron chi connectivity index (χ2n) is 3.75. The van der Waals surface area contributed by atoms with E-state index < -0.39 is 0 Å². The summed E-state index contributed by atoms with van der Waals surface area (Å²) in [5.74, 6) is -0.258. The topological polar surface area (TPSA) is 26.3 Å². The number of hydrogen-bond donors (Lipinski definition) is 0. The zero-order valence-electron chi connectivity index (χ0n) is 9.58. The number of carbonyl (C=O) groups excluding carboxylic acids is 1. The van der Waals surface area contributed by atoms with Gasteiger partial charge in [0.2, 0.25) is 0 Å². The smallest absolute Gasteiger partial charge is 0.339 e. The Balaban J connectivity index is 2.03. The summed E-state index contributed by atoms with van der Waals surface area (Å²) in [6.07, 6.45) is 0. The molecule has 1 aliphatic heterocycles. The highest BCUT2D eigenvalue weighted by Crippen LogP contribution is 2.48. The zero-order chi connectivity index (χ0) is 12.5. The Morgan fingerprint density at radius 1 is 1.28 bits per heavy atom. The SMILES string of the molecule is COC(=O)C1=CSC(c2cccs2)c2sccc21. The molecule has 0 bridgehead atoms. The molecule has 0 fully saturated rings. The van der Waals surface area contributed by atoms with Crippen molar-refractivity contribution >= 4 is 46.0 Å². The average molecular weight is 294 g/mol. The van der Waals surface area contributed by atoms with E-state index in [0.717, 1.165) is 5.56 Å². The van der Waals surface area contributed by atoms with Crippen LogP contribution in [0.5, 0.6) is 0 Å². The number of hydrogen-bond acceptors (Lipinski definition) is 5. The Bertz CT molecular complexity index is 596. The van der Waals surface area contributed by atoms with Gasteiger partial charge in [-0.1, -0.05) is 6.07 Å². The third-order valence-electron chi connectivity index (χ3n) is 2.75. The van der Waals surface area contributed by atoms with Crippen LogP contribution in [0.25, 0.3) is 5.57 Å². The Morgan fingerprint density at radius 3 is 2.89 bits per heavy atom. The Hall–Kier alpha value is -1.04. The summed E-state index contributed by atoms with van der Waals surface area (Å²) in [6, 6.07) is 6.21. The van der Waals surface area contributed by atoms with Crippen molar-refractivity contribution in [1.29, 1.82) is 0 Å². The van der Waals surface area contributed by atoms with E-state index in [9.17, 15) is 4.79 Å². The molecule has 2 aromatic rings. The van der Waals surface area contributed by atoms with E-state index in [-0.39, 0.29) is 5.97 Å². The minimum absolute atomic E-state index is 0.258. The first-order valence-corrected chi connectivity index (χ1v) is 8.06. The quantitative estimate of drug-likeness (QED) is 0.778. The van der Waals surface area contributed by atoms with Crippen LogP contribution in [0.3, 0.4) is 0 Å². The Labute approximate surface area is 117 Å². The lowest BCUT2D eigenvalue weighted by molar-refractivity contribution is -0.133. The van der Waals surface area contributed by atoms with Gasteiger partial charge in [0.25, 0.3) is 0 Å². The molecule has 1 atom stereocenters. The highest BCUT2D eigenvalue weighted by molar-refractivity contribution is 8.03. The summed E-state index contributed by atoms with van der Waals surface area (Å²) in [5, 5.41) is 6.36. The summed E-state index contributed by atoms with van der Waals surface area (Å²) >= 11 is 5.13. The van der Waals surface area contributed by atoms with Crippen molar-refractivity contribution < 1.29 is 9.53 Å². The van der Waals surface area contributed by atoms with E-state index in [4.69, 9.17) is 4.74 Å². The van der Waals surface area contributed by atoms with Crippen LogP contribution in [0.4, 0.5) is 0 Å². The summed E-state index contributed by atoms with van der Waals surface area (Å²) in [4.78, 5) is 14.3. The average Bonchev–Trinajstić information content (AvgIpc) is 3.07. The van der Waals surface area contributed by atoms with Crippen LogP contribution in [0.1, 0.15) is 20.6 Å². The first-order valence-electron chi connectivity index (χ1n) is 5.36. The number of esters is 1. The molecule has 0 amide bonds. The van der Waals surface area contributed by atoms with Crippen LogP contribution in [-0.2, 0) is 9.53 Å². The molecule has 1 aliphatic rings. The number of thioether (sulfide) groups is 1. The molecule has 92 valence electrons. The van der Waals surface area contributed by atoms with Gasteiger partial charge >= 0.3 is 5.97 Å². The molecule has 3 heterocycles. The minimum Gasteiger partial charge on any atom is -0.465 e. The second-order valence-corrected chi connectivity index (χ2v) is 6.66. The highest BCUT2D eigenvalue weighted by atomic mass is 32.2. The molecule has 0 aromatic carbocycles. The minimum atomic E-state index is -0.258. The van der Waals surface area contributed by atoms with Crippen LogP contribution in [0, 0.1) is 0 Å². The molecule has 0 saturated heterocycles. The largest absolute Gasteiger partial charge is 0.465 e. The summed E-state index contributed by atoms with van der Waals surface area (Å²) in [7, 11) is 1.42. The molecule has 1 unspecified atom stereocenters. The lowest BCUT2D eigenvalue weighted by atomic mass is 10.1. The van der Waals surface area contributed by atoms with Gasteiger partial charge in [-0.2, -0.15) is 0 Å². The molecule has 0 aliphatic carbocycles. The van der Waals surface area contributed by atoms with Crippen molar-refractivity contribution in [3.63, 3.8) is 0 Å². The van der Waals surface area contributed by atoms with Gasteiger partial charge in [0.05, 0.1) is 17.9 Å². The fourth-order valence-electron chi connectivity index (χ4n) is 1.91. The van der Waals surface area contributed by atoms with E-state index in [1.807, 2.05) is 16.9 Å². The van der Waals surface area contributed by atoms with E-state index in [0.29, 0.717) is 10.8 Å². The summed E-state index contributed by atoms with van der Waals surface area (Å²) in [6.45, 7) is 0. The van der Waals surface area contributed by atoms with Crippen molar-refractivity contribution in [2.75, 3.05) is 7.11 Å². The van der Waals surface area contributed by atoms with Gasteiger partial charge < -0.3 is 4.74 Å². The normalized spacial score (nSPS) is 18.1. The number of carbonyl (C=O) groups is 1. The van der Waals surface area contributed by atoms with Crippen LogP contribution in [0.15, 0.2) is 34.4 Å². The lowest BCUT2D eigenvalue weighted by Gasteiger charge is -2.19. The number of thiophene rings is 2. The summed E-state index contributed by atoms with van der Waals surface area (Å²) in [5.41, 5.74) is 1.69. The van der Waals surface area contributed by atoms with Crippen molar-refractivity contribution in [2.45, 2.75) is 5.25 Å². The van der Waals surface area contributed by atoms with E-state index in [1.165, 1.54) is 16.9 Å². The standard InChI is InChI=1S/C13H10O2S3/c1-15-13(14)9-7-18-12(10-3-2-5-16-10)11-8(9)4-6-17-11/h2-7,12H,1H3. The third kappa shape index (κ3) is 1.92. The molecular formula is C13H10O2S3. The van der Waals surface area contributed by atoms with E-state index in [2.05, 4.69) is 17.5 Å². The van der Waals surface area contributed by atoms with Crippen molar-refractivity contribution in [2.24, 2.45) is 0 Å². The van der Waals surface area contributed by atoms with E-state index >= 15 is 0 Å². The van der Waals surface area contributed by atoms with Crippen LogP contribution in [-0.4, -0.2) is 13.1 Å². The molecule has 18 heavy (non-hydrogen) atoms. The number of ether oxygens (including phenoxy) is 1. The van der Waals surface area contributed by atoms with Gasteiger partial charge in [0.15, 0.2) is 0 Å². The van der Waals surface area contributed by atoms with Gasteiger partial charge in [0, 0.05) is 15.3 Å². The van der Waals surface area contributed by atoms with Crippen LogP contribution >= 0.6 is 34.4 Å². The molecule has 2 nitrogen and oxygen atoms in total. The maximum atomic E-state index is 11.7. The highest BCUT2D eigenvalue weighted by Gasteiger charge is 2.28. The maximum Gasteiger partial charge on any atom is 0.339 e. The Morgan fingerprint density at radius 2 is 2.17 bits per heavy atom. The van der Waals surface area contributed by atoms with Gasteiger partial charge in [-0.15, -0.1) is 34.4 Å². The third-order valence-corrected chi connectivity index (χ3v) is 6.10. The maximum absolute atomic E-state index is 11.7. The lowest BCUT2D eigenvalue weighted by Crippen LogP contribution is -2.08. The van der Waals surface area contributed by atoms with Gasteiger partial charge in [-0.05, 0) is 28.3 Å². The van der Waals surface area contributed by atoms with Crippen LogP contribution < -0.4 is 0 Å². The van der Waals surface area contributed by atoms with Crippen molar-refractivity contribution in [1.82, 2.24) is 0 Å². The molecule has 3 rings (SSSR count). The van der Waals surface area contributed by atoms with Crippen molar-refractivity contribution in [3.8, 4) is 0 Å². The van der Waals surface area contributed by atoms with Gasteiger partial charge in [-0.3, -0.25) is 0 Å². The molecule has 2 aromatic heterocycles. The molecular weight excluding hydrogens is 284 g/mol. The van der Waals surface area contributed by atoms with E-state index in [1.54, 1.807) is 34.4 Å². The second kappa shape index (κ2) is 4.91. The molecule has 0 radical (unpaired) electrons. The predicted molar refractivity (Wildman–Crippen MR) is 78.1 cm³/mol. The first-order chi connectivity index (χ1) is 8.81. The van der Waals surface area contributed by atoms with Gasteiger partial charge in [-0.25, -0.2) is 4.79 Å². The fourth-order valence-corrected chi connectivity index (χ4v) is 5.23. The van der Waals surface area contributed by atoms with Crippen LogP contribution in [0.2, 0.25) is 0 Å². The first kappa shape index (κ1) is 12.0. The molecule has 0 N–H and O–H groups in total. The summed E-state index contributed by atoms with van der Waals surface area (Å²) < 4.78 is 4.83. The molecule has 0 spiro atoms. The predicted octanol–water partition coefficient (Wildman–Crippen LogP) is 4.16. The fraction of sp³-hybridized carbons (Fsp3) is 0.154. The number of fused-ring (bicyclic) bond motifs is 1. The van der Waals surface area contributed by atoms with Crippen molar-refractivity contribution in [3.05, 3.63) is 49.7 Å². The number of methoxy groups -OCH3 is 1. The number of rotatable bonds is 2. The zero-order valence-corrected chi connectivity index (χ0v) is 12.0. The Kier molecular flexibility index (Phi) is 3.28. The van der Waals surface area contributed by atoms with Gasteiger partial charge in [0.1, 0.15) is 0 Å².